The highest BCUT2D eigenvalue weighted by Crippen LogP contribution is 2.29. The first kappa shape index (κ1) is 10.4. The van der Waals surface area contributed by atoms with Crippen LogP contribution in [-0.2, 0) is 0 Å². The molecule has 1 aromatic carbocycles. The van der Waals surface area contributed by atoms with Gasteiger partial charge in [-0.25, -0.2) is 4.39 Å². The van der Waals surface area contributed by atoms with Crippen molar-refractivity contribution in [2.75, 3.05) is 11.5 Å². The molecule has 0 radical (unpaired) electrons. The van der Waals surface area contributed by atoms with Gasteiger partial charge in [-0.05, 0) is 0 Å². The third-order valence-electron chi connectivity index (χ3n) is 1.37. The molecule has 1 aromatic rings. The Labute approximate surface area is 76.3 Å². The van der Waals surface area contributed by atoms with Crippen LogP contribution in [0.3, 0.4) is 0 Å². The Balaban J connectivity index is 3.02. The van der Waals surface area contributed by atoms with E-state index in [1.54, 1.807) is 0 Å². The molecule has 0 spiro atoms. The summed E-state index contributed by atoms with van der Waals surface area (Å²) in [6, 6.07) is 1.31. The first-order valence-corrected chi connectivity index (χ1v) is 3.40. The van der Waals surface area contributed by atoms with Gasteiger partial charge in [0.05, 0.1) is 11.4 Å². The molecule has 0 fully saturated rings. The Morgan fingerprint density at radius 3 is 2.14 bits per heavy atom. The van der Waals surface area contributed by atoms with Crippen molar-refractivity contribution < 1.29 is 22.3 Å². The molecular weight excluding hydrogens is 204 g/mol. The molecule has 0 bridgehead atoms. The predicted molar refractivity (Wildman–Crippen MR) is 41.9 cm³/mol. The SMILES string of the molecule is Nc1cc(OC(F)(F)F)cc(F)c1N. The van der Waals surface area contributed by atoms with Crippen LogP contribution in [0.1, 0.15) is 0 Å². The number of nitrogens with two attached hydrogens (primary N) is 2. The third kappa shape index (κ3) is 2.41. The van der Waals surface area contributed by atoms with Crippen molar-refractivity contribution in [3.8, 4) is 5.75 Å². The molecule has 0 aromatic heterocycles. The van der Waals surface area contributed by atoms with Gasteiger partial charge in [-0.15, -0.1) is 13.2 Å². The zero-order valence-corrected chi connectivity index (χ0v) is 6.73. The van der Waals surface area contributed by atoms with Crippen LogP contribution in [0.4, 0.5) is 28.9 Å². The van der Waals surface area contributed by atoms with E-state index in [9.17, 15) is 17.6 Å². The second-order valence-electron chi connectivity index (χ2n) is 2.46. The lowest BCUT2D eigenvalue weighted by Crippen LogP contribution is -2.17. The second-order valence-corrected chi connectivity index (χ2v) is 2.46. The van der Waals surface area contributed by atoms with Gasteiger partial charge >= 0.3 is 6.36 Å². The number of hydrogen-bond donors (Lipinski definition) is 2. The summed E-state index contributed by atoms with van der Waals surface area (Å²) in [4.78, 5) is 0. The number of rotatable bonds is 1. The van der Waals surface area contributed by atoms with Gasteiger partial charge in [-0.1, -0.05) is 0 Å². The highest BCUT2D eigenvalue weighted by atomic mass is 19.4. The van der Waals surface area contributed by atoms with Crippen LogP contribution in [0.2, 0.25) is 0 Å². The quantitative estimate of drug-likeness (QED) is 0.549. The van der Waals surface area contributed by atoms with E-state index in [0.29, 0.717) is 6.07 Å². The predicted octanol–water partition coefficient (Wildman–Crippen LogP) is 1.89. The average Bonchev–Trinajstić information content (AvgIpc) is 1.96. The third-order valence-corrected chi connectivity index (χ3v) is 1.37. The highest BCUT2D eigenvalue weighted by molar-refractivity contribution is 5.66. The number of hydrogen-bond acceptors (Lipinski definition) is 3. The molecule has 0 saturated heterocycles. The minimum Gasteiger partial charge on any atom is -0.406 e. The van der Waals surface area contributed by atoms with E-state index in [1.807, 2.05) is 0 Å². The van der Waals surface area contributed by atoms with E-state index in [2.05, 4.69) is 4.74 Å². The molecule has 0 atom stereocenters. The van der Waals surface area contributed by atoms with Gasteiger partial charge in [0.15, 0.2) is 5.82 Å². The van der Waals surface area contributed by atoms with Crippen molar-refractivity contribution in [3.05, 3.63) is 17.9 Å². The number of halogens is 4. The summed E-state index contributed by atoms with van der Waals surface area (Å²) < 4.78 is 51.3. The molecule has 78 valence electrons. The maximum Gasteiger partial charge on any atom is 0.573 e. The average molecular weight is 210 g/mol. The number of anilines is 2. The van der Waals surface area contributed by atoms with Crippen LogP contribution in [0, 0.1) is 5.82 Å². The monoisotopic (exact) mass is 210 g/mol. The Morgan fingerprint density at radius 2 is 1.71 bits per heavy atom. The first-order valence-electron chi connectivity index (χ1n) is 3.40. The van der Waals surface area contributed by atoms with Gasteiger partial charge in [-0.3, -0.25) is 0 Å². The van der Waals surface area contributed by atoms with Crippen molar-refractivity contribution in [3.63, 3.8) is 0 Å². The molecule has 0 heterocycles. The van der Waals surface area contributed by atoms with Gasteiger partial charge in [-0.2, -0.15) is 0 Å². The van der Waals surface area contributed by atoms with E-state index in [0.717, 1.165) is 6.07 Å². The lowest BCUT2D eigenvalue weighted by Gasteiger charge is -2.10. The first-order chi connectivity index (χ1) is 6.29. The molecule has 1 rings (SSSR count). The topological polar surface area (TPSA) is 61.3 Å². The van der Waals surface area contributed by atoms with Crippen LogP contribution >= 0.6 is 0 Å². The van der Waals surface area contributed by atoms with E-state index in [4.69, 9.17) is 11.5 Å². The molecule has 0 aliphatic carbocycles. The summed E-state index contributed by atoms with van der Waals surface area (Å²) in [5.74, 6) is -1.79. The zero-order valence-electron chi connectivity index (χ0n) is 6.73. The Bertz CT molecular complexity index is 327. The van der Waals surface area contributed by atoms with Crippen LogP contribution in [0.25, 0.3) is 0 Å². The number of ether oxygens (including phenoxy) is 1. The van der Waals surface area contributed by atoms with Gasteiger partial charge in [0, 0.05) is 12.1 Å². The van der Waals surface area contributed by atoms with Crippen molar-refractivity contribution >= 4 is 11.4 Å². The molecule has 7 heteroatoms. The minimum atomic E-state index is -4.88. The molecule has 0 aliphatic heterocycles. The lowest BCUT2D eigenvalue weighted by atomic mass is 10.2. The molecule has 0 amide bonds. The second kappa shape index (κ2) is 3.24. The summed E-state index contributed by atoms with van der Waals surface area (Å²) in [5.41, 5.74) is 9.50. The maximum absolute atomic E-state index is 12.8. The maximum atomic E-state index is 12.8. The molecule has 4 N–H and O–H groups in total. The summed E-state index contributed by atoms with van der Waals surface area (Å²) in [6.07, 6.45) is -4.88. The Hall–Kier alpha value is -1.66. The molecule has 14 heavy (non-hydrogen) atoms. The fourth-order valence-electron chi connectivity index (χ4n) is 0.806. The molecule has 3 nitrogen and oxygen atoms in total. The summed E-state index contributed by atoms with van der Waals surface area (Å²) in [7, 11) is 0. The standard InChI is InChI=1S/C7H6F4N2O/c8-4-1-3(14-7(9,10)11)2-5(12)6(4)13/h1-2H,12-13H2. The van der Waals surface area contributed by atoms with E-state index < -0.39 is 23.6 Å². The number of benzene rings is 1. The van der Waals surface area contributed by atoms with Crippen LogP contribution in [0.5, 0.6) is 5.75 Å². The van der Waals surface area contributed by atoms with Gasteiger partial charge < -0.3 is 16.2 Å². The molecule has 0 unspecified atom stereocenters. The fraction of sp³-hybridized carbons (Fsp3) is 0.143. The van der Waals surface area contributed by atoms with Crippen LogP contribution in [-0.4, -0.2) is 6.36 Å². The largest absolute Gasteiger partial charge is 0.573 e. The Kier molecular flexibility index (Phi) is 2.41. The normalized spacial score (nSPS) is 11.4. The van der Waals surface area contributed by atoms with Gasteiger partial charge in [0.2, 0.25) is 0 Å². The molecule has 0 aliphatic rings. The minimum absolute atomic E-state index is 0.302. The molecule has 0 saturated carbocycles. The zero-order chi connectivity index (χ0) is 10.9. The van der Waals surface area contributed by atoms with Crippen molar-refractivity contribution in [1.82, 2.24) is 0 Å². The van der Waals surface area contributed by atoms with Crippen LogP contribution < -0.4 is 16.2 Å². The van der Waals surface area contributed by atoms with Crippen LogP contribution in [0.15, 0.2) is 12.1 Å². The van der Waals surface area contributed by atoms with Crippen molar-refractivity contribution in [2.45, 2.75) is 6.36 Å². The fourth-order valence-corrected chi connectivity index (χ4v) is 0.806. The smallest absolute Gasteiger partial charge is 0.406 e. The summed E-state index contributed by atoms with van der Waals surface area (Å²) in [5, 5.41) is 0. The van der Waals surface area contributed by atoms with E-state index >= 15 is 0 Å². The number of alkyl halides is 3. The molecular formula is C7H6F4N2O. The van der Waals surface area contributed by atoms with Crippen molar-refractivity contribution in [2.24, 2.45) is 0 Å². The highest BCUT2D eigenvalue weighted by Gasteiger charge is 2.31. The van der Waals surface area contributed by atoms with Gasteiger partial charge in [0.1, 0.15) is 5.75 Å². The van der Waals surface area contributed by atoms with Crippen molar-refractivity contribution in [1.29, 1.82) is 0 Å². The van der Waals surface area contributed by atoms with E-state index in [1.165, 1.54) is 0 Å². The summed E-state index contributed by atoms with van der Waals surface area (Å²) in [6.45, 7) is 0. The lowest BCUT2D eigenvalue weighted by molar-refractivity contribution is -0.274. The summed E-state index contributed by atoms with van der Waals surface area (Å²) >= 11 is 0. The Morgan fingerprint density at radius 1 is 1.14 bits per heavy atom. The van der Waals surface area contributed by atoms with Gasteiger partial charge in [0.25, 0.3) is 0 Å². The van der Waals surface area contributed by atoms with E-state index in [-0.39, 0.29) is 5.69 Å². The number of nitrogen functional groups attached to an aromatic ring is 2.